The van der Waals surface area contributed by atoms with Crippen molar-refractivity contribution in [1.82, 2.24) is 4.90 Å². The van der Waals surface area contributed by atoms with Crippen LogP contribution in [0.5, 0.6) is 0 Å². The van der Waals surface area contributed by atoms with Crippen LogP contribution in [-0.2, 0) is 11.3 Å². The van der Waals surface area contributed by atoms with E-state index in [1.807, 2.05) is 0 Å². The van der Waals surface area contributed by atoms with Crippen LogP contribution < -0.4 is 5.73 Å². The Bertz CT molecular complexity index is 605. The highest BCUT2D eigenvalue weighted by atomic mass is 16.5. The summed E-state index contributed by atoms with van der Waals surface area (Å²) in [5.74, 6) is 0.658. The first-order valence-electron chi connectivity index (χ1n) is 7.76. The van der Waals surface area contributed by atoms with Gasteiger partial charge in [0.1, 0.15) is 0 Å². The van der Waals surface area contributed by atoms with Gasteiger partial charge in [0.2, 0.25) is 0 Å². The summed E-state index contributed by atoms with van der Waals surface area (Å²) < 4.78 is 5.56. The first-order chi connectivity index (χ1) is 10.2. The molecule has 3 heteroatoms. The van der Waals surface area contributed by atoms with E-state index in [-0.39, 0.29) is 0 Å². The van der Waals surface area contributed by atoms with E-state index < -0.39 is 0 Å². The van der Waals surface area contributed by atoms with Crippen LogP contribution in [0.25, 0.3) is 10.8 Å². The number of nitrogens with two attached hydrogens (primary N) is 1. The molecule has 0 aromatic heterocycles. The maximum Gasteiger partial charge on any atom is 0.0506 e. The van der Waals surface area contributed by atoms with E-state index in [0.717, 1.165) is 32.0 Å². The third-order valence-electron chi connectivity index (χ3n) is 4.27. The first-order valence-corrected chi connectivity index (χ1v) is 7.76. The van der Waals surface area contributed by atoms with Gasteiger partial charge in [-0.3, -0.25) is 0 Å². The van der Waals surface area contributed by atoms with E-state index in [9.17, 15) is 0 Å². The fourth-order valence-electron chi connectivity index (χ4n) is 3.19. The molecule has 0 amide bonds. The Labute approximate surface area is 126 Å². The highest BCUT2D eigenvalue weighted by Crippen LogP contribution is 2.23. The first kappa shape index (κ1) is 14.4. The lowest BCUT2D eigenvalue weighted by molar-refractivity contribution is 0.0412. The molecule has 1 atom stereocenters. The van der Waals surface area contributed by atoms with E-state index in [1.54, 1.807) is 0 Å². The van der Waals surface area contributed by atoms with E-state index in [1.165, 1.54) is 29.2 Å². The molecule has 1 fully saturated rings. The lowest BCUT2D eigenvalue weighted by Crippen LogP contribution is -2.30. The lowest BCUT2D eigenvalue weighted by Gasteiger charge is -2.27. The molecule has 1 unspecified atom stereocenters. The van der Waals surface area contributed by atoms with Gasteiger partial charge in [-0.15, -0.1) is 0 Å². The number of ether oxygens (including phenoxy) is 1. The minimum atomic E-state index is 0.658. The molecular weight excluding hydrogens is 260 g/mol. The highest BCUT2D eigenvalue weighted by molar-refractivity contribution is 5.86. The zero-order valence-corrected chi connectivity index (χ0v) is 12.7. The van der Waals surface area contributed by atoms with Gasteiger partial charge in [0, 0.05) is 25.4 Å². The van der Waals surface area contributed by atoms with E-state index in [2.05, 4.69) is 48.3 Å². The molecule has 21 heavy (non-hydrogen) atoms. The number of benzene rings is 2. The predicted molar refractivity (Wildman–Crippen MR) is 88.2 cm³/mol. The summed E-state index contributed by atoms with van der Waals surface area (Å²) in [4.78, 5) is 2.36. The Hall–Kier alpha value is -1.58. The third-order valence-corrected chi connectivity index (χ3v) is 4.27. The van der Waals surface area contributed by atoms with Gasteiger partial charge in [0.25, 0.3) is 0 Å². The quantitative estimate of drug-likeness (QED) is 0.876. The zero-order valence-electron chi connectivity index (χ0n) is 12.7. The van der Waals surface area contributed by atoms with Crippen molar-refractivity contribution < 1.29 is 4.74 Å². The van der Waals surface area contributed by atoms with Crippen LogP contribution in [0.4, 0.5) is 5.69 Å². The van der Waals surface area contributed by atoms with Crippen LogP contribution in [0.3, 0.4) is 0 Å². The number of hydrogen-bond donors (Lipinski definition) is 1. The topological polar surface area (TPSA) is 38.5 Å². The summed E-state index contributed by atoms with van der Waals surface area (Å²) in [5.41, 5.74) is 8.32. The van der Waals surface area contributed by atoms with Crippen molar-refractivity contribution in [2.24, 2.45) is 5.92 Å². The molecule has 0 saturated carbocycles. The monoisotopic (exact) mass is 284 g/mol. The van der Waals surface area contributed by atoms with Crippen LogP contribution in [0.15, 0.2) is 36.4 Å². The van der Waals surface area contributed by atoms with Crippen LogP contribution in [0.1, 0.15) is 18.4 Å². The SMILES string of the molecule is CN(Cc1cc2ccccc2cc1N)CC1CCCOC1. The largest absolute Gasteiger partial charge is 0.398 e. The summed E-state index contributed by atoms with van der Waals surface area (Å²) in [6.07, 6.45) is 2.47. The second-order valence-electron chi connectivity index (χ2n) is 6.18. The van der Waals surface area contributed by atoms with Crippen LogP contribution in [0, 0.1) is 5.92 Å². The third kappa shape index (κ3) is 3.55. The van der Waals surface area contributed by atoms with Gasteiger partial charge in [-0.05, 0) is 54.3 Å². The zero-order chi connectivity index (χ0) is 14.7. The fraction of sp³-hybridized carbons (Fsp3) is 0.444. The van der Waals surface area contributed by atoms with Gasteiger partial charge in [-0.1, -0.05) is 24.3 Å². The molecule has 0 radical (unpaired) electrons. The Kier molecular flexibility index (Phi) is 4.42. The van der Waals surface area contributed by atoms with Crippen molar-refractivity contribution in [3.05, 3.63) is 42.0 Å². The number of nitrogens with zero attached hydrogens (tertiary/aromatic N) is 1. The van der Waals surface area contributed by atoms with Gasteiger partial charge in [-0.25, -0.2) is 0 Å². The molecule has 1 saturated heterocycles. The number of anilines is 1. The molecule has 112 valence electrons. The van der Waals surface area contributed by atoms with E-state index >= 15 is 0 Å². The van der Waals surface area contributed by atoms with Crippen molar-refractivity contribution in [2.75, 3.05) is 32.5 Å². The van der Waals surface area contributed by atoms with Gasteiger partial charge < -0.3 is 15.4 Å². The summed E-state index contributed by atoms with van der Waals surface area (Å²) in [6, 6.07) is 12.7. The molecule has 2 aromatic rings. The van der Waals surface area contributed by atoms with Crippen LogP contribution in [-0.4, -0.2) is 31.7 Å². The molecular formula is C18H24N2O. The minimum absolute atomic E-state index is 0.658. The van der Waals surface area contributed by atoms with Gasteiger partial charge >= 0.3 is 0 Å². The predicted octanol–water partition coefficient (Wildman–Crippen LogP) is 3.28. The summed E-state index contributed by atoms with van der Waals surface area (Å²) in [7, 11) is 2.17. The maximum absolute atomic E-state index is 6.22. The number of fused-ring (bicyclic) bond motifs is 1. The van der Waals surface area contributed by atoms with E-state index in [4.69, 9.17) is 10.5 Å². The van der Waals surface area contributed by atoms with Crippen molar-refractivity contribution in [1.29, 1.82) is 0 Å². The Morgan fingerprint density at radius 1 is 1.24 bits per heavy atom. The second kappa shape index (κ2) is 6.46. The standard InChI is InChI=1S/C18H24N2O/c1-20(11-14-5-4-8-21-13-14)12-17-9-15-6-2-3-7-16(15)10-18(17)19/h2-3,6-7,9-10,14H,4-5,8,11-13,19H2,1H3. The molecule has 3 nitrogen and oxygen atoms in total. The molecule has 2 N–H and O–H groups in total. The molecule has 1 heterocycles. The fourth-order valence-corrected chi connectivity index (χ4v) is 3.19. The Balaban J connectivity index is 1.70. The normalized spacial score (nSPS) is 19.2. The summed E-state index contributed by atoms with van der Waals surface area (Å²) in [5, 5.41) is 2.47. The van der Waals surface area contributed by atoms with Crippen molar-refractivity contribution >= 4 is 16.5 Å². The van der Waals surface area contributed by atoms with Gasteiger partial charge in [0.15, 0.2) is 0 Å². The summed E-state index contributed by atoms with van der Waals surface area (Å²) >= 11 is 0. The number of hydrogen-bond acceptors (Lipinski definition) is 3. The minimum Gasteiger partial charge on any atom is -0.398 e. The van der Waals surface area contributed by atoms with E-state index in [0.29, 0.717) is 5.92 Å². The van der Waals surface area contributed by atoms with Gasteiger partial charge in [0.05, 0.1) is 6.61 Å². The smallest absolute Gasteiger partial charge is 0.0506 e. The molecule has 0 bridgehead atoms. The average molecular weight is 284 g/mol. The molecule has 1 aliphatic rings. The van der Waals surface area contributed by atoms with Gasteiger partial charge in [-0.2, -0.15) is 0 Å². The molecule has 3 rings (SSSR count). The van der Waals surface area contributed by atoms with Crippen molar-refractivity contribution in [3.8, 4) is 0 Å². The van der Waals surface area contributed by atoms with Crippen LogP contribution in [0.2, 0.25) is 0 Å². The Morgan fingerprint density at radius 2 is 2.00 bits per heavy atom. The second-order valence-corrected chi connectivity index (χ2v) is 6.18. The molecule has 0 aliphatic carbocycles. The number of nitrogen functional groups attached to an aromatic ring is 1. The maximum atomic E-state index is 6.22. The molecule has 1 aliphatic heterocycles. The summed E-state index contributed by atoms with van der Waals surface area (Å²) in [6.45, 7) is 3.80. The van der Waals surface area contributed by atoms with Crippen molar-refractivity contribution in [3.63, 3.8) is 0 Å². The van der Waals surface area contributed by atoms with Crippen LogP contribution >= 0.6 is 0 Å². The van der Waals surface area contributed by atoms with Crippen molar-refractivity contribution in [2.45, 2.75) is 19.4 Å². The lowest BCUT2D eigenvalue weighted by atomic mass is 10.0. The molecule has 0 spiro atoms. The average Bonchev–Trinajstić information content (AvgIpc) is 2.49. The number of rotatable bonds is 4. The highest BCUT2D eigenvalue weighted by Gasteiger charge is 2.16. The Morgan fingerprint density at radius 3 is 2.71 bits per heavy atom. The molecule has 2 aromatic carbocycles.